The van der Waals surface area contributed by atoms with E-state index in [-0.39, 0.29) is 29.7 Å². The molecule has 0 aliphatic carbocycles. The number of ether oxygens (including phenoxy) is 1. The molecule has 0 aromatic heterocycles. The van der Waals surface area contributed by atoms with E-state index in [1.165, 1.54) is 0 Å². The molecule has 10 heteroatoms. The van der Waals surface area contributed by atoms with E-state index in [1.807, 2.05) is 13.8 Å². The monoisotopic (exact) mass is 480 g/mol. The molecule has 0 aromatic rings. The molecule has 0 aromatic carbocycles. The van der Waals surface area contributed by atoms with Crippen LogP contribution in [0.15, 0.2) is 4.99 Å². The topological polar surface area (TPSA) is 83.0 Å². The van der Waals surface area contributed by atoms with Crippen molar-refractivity contribution < 1.29 is 13.2 Å². The molecule has 23 heavy (non-hydrogen) atoms. The van der Waals surface area contributed by atoms with E-state index in [0.29, 0.717) is 45.4 Å². The Bertz CT molecular complexity index is 429. The highest BCUT2D eigenvalue weighted by Crippen LogP contribution is 2.12. The number of nitrogens with zero attached hydrogens (tertiary/aromatic N) is 2. The number of aliphatic imine (C=N–C) groups is 1. The summed E-state index contributed by atoms with van der Waals surface area (Å²) in [6.45, 7) is 8.04. The molecule has 1 rings (SSSR count). The van der Waals surface area contributed by atoms with Crippen molar-refractivity contribution in [1.29, 1.82) is 0 Å². The summed E-state index contributed by atoms with van der Waals surface area (Å²) < 4.78 is 31.3. The van der Waals surface area contributed by atoms with Gasteiger partial charge in [0.05, 0.1) is 18.9 Å². The first kappa shape index (κ1) is 23.2. The van der Waals surface area contributed by atoms with Crippen molar-refractivity contribution in [2.45, 2.75) is 13.8 Å². The zero-order valence-electron chi connectivity index (χ0n) is 13.9. The molecule has 7 nitrogen and oxygen atoms in total. The minimum Gasteiger partial charge on any atom is -0.380 e. The van der Waals surface area contributed by atoms with Crippen molar-refractivity contribution in [2.24, 2.45) is 4.99 Å². The van der Waals surface area contributed by atoms with Crippen LogP contribution in [0.25, 0.3) is 0 Å². The largest absolute Gasteiger partial charge is 0.380 e. The van der Waals surface area contributed by atoms with Crippen molar-refractivity contribution in [3.05, 3.63) is 0 Å². The van der Waals surface area contributed by atoms with Gasteiger partial charge in [-0.25, -0.2) is 12.7 Å². The van der Waals surface area contributed by atoms with Crippen LogP contribution in [-0.4, -0.2) is 81.9 Å². The molecule has 1 saturated heterocycles. The Hall–Kier alpha value is 0.220. The Balaban J connectivity index is 0.00000484. The van der Waals surface area contributed by atoms with Gasteiger partial charge < -0.3 is 15.4 Å². The van der Waals surface area contributed by atoms with E-state index in [9.17, 15) is 8.42 Å². The highest BCUT2D eigenvalue weighted by Gasteiger charge is 2.23. The number of sulfonamides is 1. The summed E-state index contributed by atoms with van der Waals surface area (Å²) in [7, 11) is -3.17. The fourth-order valence-corrected chi connectivity index (χ4v) is 4.45. The lowest BCUT2D eigenvalue weighted by molar-refractivity contribution is 0.155. The van der Waals surface area contributed by atoms with Crippen molar-refractivity contribution in [3.8, 4) is 0 Å². The fourth-order valence-electron chi connectivity index (χ4n) is 1.96. The fraction of sp³-hybridized carbons (Fsp3) is 0.923. The van der Waals surface area contributed by atoms with E-state index >= 15 is 0 Å². The van der Waals surface area contributed by atoms with E-state index in [2.05, 4.69) is 15.6 Å². The number of thioether (sulfide) groups is 1. The Labute approximate surface area is 161 Å². The van der Waals surface area contributed by atoms with Crippen LogP contribution in [0.2, 0.25) is 0 Å². The van der Waals surface area contributed by atoms with Gasteiger partial charge >= 0.3 is 0 Å². The predicted molar refractivity (Wildman–Crippen MR) is 109 cm³/mol. The van der Waals surface area contributed by atoms with Crippen LogP contribution >= 0.6 is 35.7 Å². The zero-order valence-corrected chi connectivity index (χ0v) is 17.9. The minimum atomic E-state index is -3.17. The standard InChI is InChI=1S/C13H28N4O3S2.HI/c1-3-14-13(15-5-9-20-4-2)16-6-12-22(18,19)17-7-10-21-11-8-17;/h3-12H2,1-2H3,(H2,14,15,16);1H. The summed E-state index contributed by atoms with van der Waals surface area (Å²) in [4.78, 5) is 4.34. The molecule has 1 fully saturated rings. The highest BCUT2D eigenvalue weighted by molar-refractivity contribution is 14.0. The van der Waals surface area contributed by atoms with Crippen molar-refractivity contribution in [3.63, 3.8) is 0 Å². The van der Waals surface area contributed by atoms with Crippen molar-refractivity contribution in [1.82, 2.24) is 14.9 Å². The van der Waals surface area contributed by atoms with Crippen LogP contribution in [0.4, 0.5) is 0 Å². The van der Waals surface area contributed by atoms with Gasteiger partial charge in [0.1, 0.15) is 0 Å². The second kappa shape index (κ2) is 13.5. The molecule has 1 aliphatic rings. The molecular weight excluding hydrogens is 451 g/mol. The zero-order chi connectivity index (χ0) is 16.3. The number of guanidine groups is 1. The van der Waals surface area contributed by atoms with E-state index in [4.69, 9.17) is 4.74 Å². The summed E-state index contributed by atoms with van der Waals surface area (Å²) in [5.74, 6) is 2.49. The van der Waals surface area contributed by atoms with Gasteiger partial charge in [0, 0.05) is 44.3 Å². The molecule has 1 aliphatic heterocycles. The van der Waals surface area contributed by atoms with Crippen LogP contribution in [0.1, 0.15) is 13.8 Å². The molecule has 0 atom stereocenters. The molecule has 1 heterocycles. The molecule has 0 saturated carbocycles. The highest BCUT2D eigenvalue weighted by atomic mass is 127. The Morgan fingerprint density at radius 1 is 1.26 bits per heavy atom. The number of nitrogens with one attached hydrogen (secondary N) is 2. The second-order valence-corrected chi connectivity index (χ2v) is 8.03. The minimum absolute atomic E-state index is 0. The van der Waals surface area contributed by atoms with Crippen LogP contribution in [0.5, 0.6) is 0 Å². The smallest absolute Gasteiger partial charge is 0.215 e. The maximum atomic E-state index is 12.2. The van der Waals surface area contributed by atoms with E-state index < -0.39 is 10.0 Å². The van der Waals surface area contributed by atoms with Gasteiger partial charge in [-0.2, -0.15) is 11.8 Å². The van der Waals surface area contributed by atoms with Gasteiger partial charge in [-0.15, -0.1) is 24.0 Å². The molecule has 0 radical (unpaired) electrons. The first-order valence-corrected chi connectivity index (χ1v) is 10.5. The third-order valence-corrected chi connectivity index (χ3v) is 5.88. The van der Waals surface area contributed by atoms with Crippen LogP contribution < -0.4 is 10.6 Å². The Morgan fingerprint density at radius 3 is 2.57 bits per heavy atom. The Morgan fingerprint density at radius 2 is 1.96 bits per heavy atom. The number of hydrogen-bond acceptors (Lipinski definition) is 5. The Kier molecular flexibility index (Phi) is 13.6. The lowest BCUT2D eigenvalue weighted by Crippen LogP contribution is -2.44. The number of rotatable bonds is 9. The lowest BCUT2D eigenvalue weighted by atomic mass is 10.6. The summed E-state index contributed by atoms with van der Waals surface area (Å²) in [6, 6.07) is 0. The van der Waals surface area contributed by atoms with Crippen LogP contribution in [-0.2, 0) is 14.8 Å². The number of hydrogen-bond donors (Lipinski definition) is 2. The molecule has 2 N–H and O–H groups in total. The number of halogens is 1. The van der Waals surface area contributed by atoms with E-state index in [0.717, 1.165) is 18.1 Å². The second-order valence-electron chi connectivity index (χ2n) is 4.71. The normalized spacial score (nSPS) is 16.7. The molecule has 0 amide bonds. The van der Waals surface area contributed by atoms with Gasteiger partial charge in [-0.3, -0.25) is 4.99 Å². The molecular formula is C13H29IN4O3S2. The van der Waals surface area contributed by atoms with Crippen LogP contribution in [0, 0.1) is 0 Å². The first-order chi connectivity index (χ1) is 10.6. The van der Waals surface area contributed by atoms with Crippen molar-refractivity contribution in [2.75, 3.05) is 63.2 Å². The molecule has 0 bridgehead atoms. The third-order valence-electron chi connectivity index (χ3n) is 3.07. The van der Waals surface area contributed by atoms with Gasteiger partial charge in [-0.05, 0) is 13.8 Å². The van der Waals surface area contributed by atoms with Crippen molar-refractivity contribution >= 4 is 51.7 Å². The third kappa shape index (κ3) is 9.95. The van der Waals surface area contributed by atoms with Gasteiger partial charge in [0.2, 0.25) is 10.0 Å². The quantitative estimate of drug-likeness (QED) is 0.218. The maximum Gasteiger partial charge on any atom is 0.215 e. The maximum absolute atomic E-state index is 12.2. The summed E-state index contributed by atoms with van der Waals surface area (Å²) in [5, 5.41) is 6.16. The summed E-state index contributed by atoms with van der Waals surface area (Å²) in [6.07, 6.45) is 0. The molecule has 0 spiro atoms. The lowest BCUT2D eigenvalue weighted by Gasteiger charge is -2.25. The first-order valence-electron chi connectivity index (χ1n) is 7.75. The van der Waals surface area contributed by atoms with E-state index in [1.54, 1.807) is 16.1 Å². The van der Waals surface area contributed by atoms with Gasteiger partial charge in [0.15, 0.2) is 5.96 Å². The van der Waals surface area contributed by atoms with Gasteiger partial charge in [-0.1, -0.05) is 0 Å². The molecule has 0 unspecified atom stereocenters. The summed E-state index contributed by atoms with van der Waals surface area (Å²) >= 11 is 1.80. The van der Waals surface area contributed by atoms with Gasteiger partial charge in [0.25, 0.3) is 0 Å². The van der Waals surface area contributed by atoms with Crippen LogP contribution in [0.3, 0.4) is 0 Å². The SMILES string of the molecule is CCNC(=NCCOCC)NCCS(=O)(=O)N1CCSCC1.I. The molecule has 138 valence electrons. The average Bonchev–Trinajstić information content (AvgIpc) is 2.52. The predicted octanol–water partition coefficient (Wildman–Crippen LogP) is 0.575. The summed E-state index contributed by atoms with van der Waals surface area (Å²) in [5.41, 5.74) is 0. The average molecular weight is 480 g/mol.